The summed E-state index contributed by atoms with van der Waals surface area (Å²) in [5.41, 5.74) is 2.23. The van der Waals surface area contributed by atoms with Gasteiger partial charge in [0.15, 0.2) is 0 Å². The van der Waals surface area contributed by atoms with Crippen LogP contribution in [0.2, 0.25) is 0 Å². The fourth-order valence-electron chi connectivity index (χ4n) is 2.60. The zero-order valence-corrected chi connectivity index (χ0v) is 16.6. The molecule has 9 heteroatoms. The van der Waals surface area contributed by atoms with Crippen molar-refractivity contribution in [3.05, 3.63) is 53.1 Å². The molecule has 29 heavy (non-hydrogen) atoms. The zero-order valence-electron chi connectivity index (χ0n) is 16.6. The van der Waals surface area contributed by atoms with Gasteiger partial charge < -0.3 is 20.1 Å². The smallest absolute Gasteiger partial charge is 0.234 e. The first-order chi connectivity index (χ1) is 14.1. The molecule has 3 N–H and O–H groups in total. The summed E-state index contributed by atoms with van der Waals surface area (Å²) in [5.74, 6) is 2.94. The molecule has 3 heterocycles. The van der Waals surface area contributed by atoms with E-state index in [9.17, 15) is 0 Å². The number of aromatic amines is 1. The lowest BCUT2D eigenvalue weighted by Crippen LogP contribution is -2.13. The Kier molecular flexibility index (Phi) is 6.47. The second kappa shape index (κ2) is 9.41. The molecule has 3 aromatic heterocycles. The molecule has 0 saturated carbocycles. The predicted octanol–water partition coefficient (Wildman–Crippen LogP) is 4.00. The van der Waals surface area contributed by atoms with Crippen LogP contribution in [0.4, 0.5) is 23.1 Å². The van der Waals surface area contributed by atoms with Gasteiger partial charge in [-0.15, -0.1) is 5.10 Å². The normalized spacial score (nSPS) is 10.3. The molecule has 9 nitrogen and oxygen atoms in total. The Morgan fingerprint density at radius 2 is 2.07 bits per heavy atom. The Morgan fingerprint density at radius 3 is 2.79 bits per heavy atom. The molecule has 0 unspecified atom stereocenters. The monoisotopic (exact) mass is 393 g/mol. The third-order valence-electron chi connectivity index (χ3n) is 3.95. The van der Waals surface area contributed by atoms with Gasteiger partial charge in [-0.25, -0.2) is 9.83 Å². The molecular weight excluding hydrogens is 370 g/mol. The molecule has 0 spiro atoms. The predicted molar refractivity (Wildman–Crippen MR) is 111 cm³/mol. The van der Waals surface area contributed by atoms with Gasteiger partial charge in [-0.3, -0.25) is 10.1 Å². The van der Waals surface area contributed by atoms with Crippen molar-refractivity contribution < 1.29 is 9.47 Å². The van der Waals surface area contributed by atoms with Crippen molar-refractivity contribution in [2.45, 2.75) is 20.8 Å². The van der Waals surface area contributed by atoms with Crippen LogP contribution < -0.4 is 20.1 Å². The van der Waals surface area contributed by atoms with Crippen molar-refractivity contribution in [3.63, 3.8) is 0 Å². The van der Waals surface area contributed by atoms with Crippen molar-refractivity contribution in [2.24, 2.45) is 0 Å². The first-order valence-corrected chi connectivity index (χ1v) is 9.22. The summed E-state index contributed by atoms with van der Waals surface area (Å²) in [5, 5.41) is 13.2. The van der Waals surface area contributed by atoms with E-state index in [4.69, 9.17) is 16.0 Å². The third kappa shape index (κ3) is 5.35. The quantitative estimate of drug-likeness (QED) is 0.373. The molecule has 0 aliphatic rings. The minimum absolute atomic E-state index is 0.416. The number of hydrogen-bond acceptors (Lipinski definition) is 7. The van der Waals surface area contributed by atoms with Gasteiger partial charge in [-0.05, 0) is 44.5 Å². The number of rotatable bonds is 9. The summed E-state index contributed by atoms with van der Waals surface area (Å²) in [7, 11) is 0. The highest BCUT2D eigenvalue weighted by Crippen LogP contribution is 2.30. The van der Waals surface area contributed by atoms with Crippen LogP contribution in [-0.2, 0) is 0 Å². The topological polar surface area (TPSA) is 101 Å². The maximum Gasteiger partial charge on any atom is 0.234 e. The Morgan fingerprint density at radius 1 is 1.21 bits per heavy atom. The molecule has 0 fully saturated rings. The standard InChI is InChI=1S/C20H23N7O2/c1-5-28-18-11-17(26-27-18)24-16-10-13(2)19(21-4)20(25-16)22-8-9-29-15-7-6-14(3)23-12-15/h6-7,10-12H,5,8-9H2,1-3H3,(H3,22,24,25,26,27). The summed E-state index contributed by atoms with van der Waals surface area (Å²) in [6.45, 7) is 14.6. The van der Waals surface area contributed by atoms with Crippen molar-refractivity contribution in [2.75, 3.05) is 30.4 Å². The van der Waals surface area contributed by atoms with E-state index in [2.05, 4.69) is 35.6 Å². The van der Waals surface area contributed by atoms with E-state index in [-0.39, 0.29) is 0 Å². The third-order valence-corrected chi connectivity index (χ3v) is 3.95. The minimum atomic E-state index is 0.416. The molecule has 3 rings (SSSR count). The van der Waals surface area contributed by atoms with Crippen LogP contribution in [0.5, 0.6) is 11.6 Å². The highest BCUT2D eigenvalue weighted by atomic mass is 16.5. The lowest BCUT2D eigenvalue weighted by atomic mass is 10.2. The molecular formula is C20H23N7O2. The maximum absolute atomic E-state index is 7.45. The van der Waals surface area contributed by atoms with Gasteiger partial charge in [0.25, 0.3) is 0 Å². The Bertz CT molecular complexity index is 993. The van der Waals surface area contributed by atoms with Crippen LogP contribution in [0.1, 0.15) is 18.2 Å². The van der Waals surface area contributed by atoms with Gasteiger partial charge in [-0.1, -0.05) is 0 Å². The van der Waals surface area contributed by atoms with Crippen LogP contribution in [0, 0.1) is 20.4 Å². The molecule has 0 atom stereocenters. The van der Waals surface area contributed by atoms with E-state index in [1.54, 1.807) is 12.3 Å². The number of H-pyrrole nitrogens is 1. The Hall–Kier alpha value is -3.80. The molecule has 0 aliphatic carbocycles. The van der Waals surface area contributed by atoms with Crippen LogP contribution in [0.25, 0.3) is 4.85 Å². The summed E-state index contributed by atoms with van der Waals surface area (Å²) in [6.07, 6.45) is 1.69. The fraction of sp³-hybridized carbons (Fsp3) is 0.300. The maximum atomic E-state index is 7.45. The molecule has 0 aromatic carbocycles. The number of hydrogen-bond donors (Lipinski definition) is 3. The summed E-state index contributed by atoms with van der Waals surface area (Å²) in [4.78, 5) is 12.3. The van der Waals surface area contributed by atoms with Gasteiger partial charge in [0.1, 0.15) is 29.8 Å². The van der Waals surface area contributed by atoms with Crippen LogP contribution in [0.15, 0.2) is 30.5 Å². The Balaban J connectivity index is 1.64. The molecule has 0 aliphatic heterocycles. The molecule has 3 aromatic rings. The number of aryl methyl sites for hydroxylation is 2. The van der Waals surface area contributed by atoms with Crippen LogP contribution in [0.3, 0.4) is 0 Å². The fourth-order valence-corrected chi connectivity index (χ4v) is 2.60. The SMILES string of the molecule is [C-]#[N+]c1c(C)cc(Nc2cc(OCC)n[nH]2)nc1NCCOc1ccc(C)nc1. The summed E-state index contributed by atoms with van der Waals surface area (Å²) in [6, 6.07) is 7.33. The lowest BCUT2D eigenvalue weighted by molar-refractivity contribution is 0.326. The van der Waals surface area contributed by atoms with Crippen LogP contribution in [-0.4, -0.2) is 39.9 Å². The number of nitrogens with zero attached hydrogens (tertiary/aromatic N) is 4. The van der Waals surface area contributed by atoms with Gasteiger partial charge in [0.2, 0.25) is 11.6 Å². The van der Waals surface area contributed by atoms with Crippen molar-refractivity contribution in [1.29, 1.82) is 0 Å². The average Bonchev–Trinajstić information content (AvgIpc) is 3.13. The van der Waals surface area contributed by atoms with E-state index in [0.717, 1.165) is 11.3 Å². The summed E-state index contributed by atoms with van der Waals surface area (Å²) >= 11 is 0. The van der Waals surface area contributed by atoms with Gasteiger partial charge in [-0.2, -0.15) is 0 Å². The first kappa shape index (κ1) is 19.9. The highest BCUT2D eigenvalue weighted by Gasteiger charge is 2.11. The van der Waals surface area contributed by atoms with E-state index < -0.39 is 0 Å². The van der Waals surface area contributed by atoms with E-state index in [1.807, 2.05) is 39.0 Å². The van der Waals surface area contributed by atoms with Gasteiger partial charge in [0, 0.05) is 18.3 Å². The highest BCUT2D eigenvalue weighted by molar-refractivity contribution is 5.73. The van der Waals surface area contributed by atoms with E-state index >= 15 is 0 Å². The first-order valence-electron chi connectivity index (χ1n) is 9.22. The Labute approximate surface area is 169 Å². The van der Waals surface area contributed by atoms with E-state index in [1.165, 1.54) is 0 Å². The molecule has 0 amide bonds. The number of pyridine rings is 2. The van der Waals surface area contributed by atoms with Crippen LogP contribution >= 0.6 is 0 Å². The second-order valence-electron chi connectivity index (χ2n) is 6.22. The number of ether oxygens (including phenoxy) is 2. The molecule has 0 bridgehead atoms. The average molecular weight is 393 g/mol. The number of nitrogens with one attached hydrogen (secondary N) is 3. The van der Waals surface area contributed by atoms with E-state index in [0.29, 0.717) is 54.5 Å². The largest absolute Gasteiger partial charge is 0.490 e. The molecule has 150 valence electrons. The zero-order chi connectivity index (χ0) is 20.6. The molecule has 0 radical (unpaired) electrons. The lowest BCUT2D eigenvalue weighted by Gasteiger charge is -2.13. The second-order valence-corrected chi connectivity index (χ2v) is 6.22. The minimum Gasteiger partial charge on any atom is -0.490 e. The number of anilines is 3. The van der Waals surface area contributed by atoms with Crippen molar-refractivity contribution in [1.82, 2.24) is 20.2 Å². The van der Waals surface area contributed by atoms with Crippen molar-refractivity contribution >= 4 is 23.1 Å². The van der Waals surface area contributed by atoms with Gasteiger partial charge >= 0.3 is 0 Å². The summed E-state index contributed by atoms with van der Waals surface area (Å²) < 4.78 is 11.0. The van der Waals surface area contributed by atoms with Crippen molar-refractivity contribution in [3.8, 4) is 11.6 Å². The molecule has 0 saturated heterocycles. The van der Waals surface area contributed by atoms with Gasteiger partial charge in [0.05, 0.1) is 19.4 Å². The number of aromatic nitrogens is 4.